The quantitative estimate of drug-likeness (QED) is 0.752. The smallest absolute Gasteiger partial charge is 0.243 e. The maximum absolute atomic E-state index is 12.2. The molecule has 0 aliphatic rings. The monoisotopic (exact) mass is 334 g/mol. The summed E-state index contributed by atoms with van der Waals surface area (Å²) in [6.45, 7) is 4.27. The third-order valence-electron chi connectivity index (χ3n) is 3.28. The first-order chi connectivity index (χ1) is 11.3. The van der Waals surface area contributed by atoms with Crippen LogP contribution in [0.4, 0.5) is 11.4 Å². The Labute approximate surface area is 143 Å². The van der Waals surface area contributed by atoms with Gasteiger partial charge in [0.05, 0.1) is 6.54 Å². The Bertz CT molecular complexity index is 587. The third-order valence-corrected chi connectivity index (χ3v) is 3.28. The lowest BCUT2D eigenvalue weighted by molar-refractivity contribution is -0.132. The lowest BCUT2D eigenvalue weighted by atomic mass is 10.2. The SMILES string of the molecule is CC(=O)Nc1cccc(NC(=O)CN(CCCN(C)C)C(C)=O)c1. The molecule has 7 nitrogen and oxygen atoms in total. The molecule has 0 atom stereocenters. The molecule has 3 amide bonds. The Morgan fingerprint density at radius 2 is 1.62 bits per heavy atom. The second kappa shape index (κ2) is 9.67. The van der Waals surface area contributed by atoms with Crippen LogP contribution in [0.3, 0.4) is 0 Å². The van der Waals surface area contributed by atoms with Gasteiger partial charge in [-0.2, -0.15) is 0 Å². The Morgan fingerprint density at radius 3 is 2.17 bits per heavy atom. The van der Waals surface area contributed by atoms with Crippen LogP contribution in [0.2, 0.25) is 0 Å². The first-order valence-corrected chi connectivity index (χ1v) is 7.85. The molecule has 132 valence electrons. The van der Waals surface area contributed by atoms with Gasteiger partial charge in [-0.15, -0.1) is 0 Å². The van der Waals surface area contributed by atoms with Crippen LogP contribution in [-0.2, 0) is 14.4 Å². The zero-order valence-corrected chi connectivity index (χ0v) is 14.8. The van der Waals surface area contributed by atoms with E-state index in [2.05, 4.69) is 10.6 Å². The molecule has 0 spiro atoms. The summed E-state index contributed by atoms with van der Waals surface area (Å²) in [7, 11) is 3.93. The van der Waals surface area contributed by atoms with Gasteiger partial charge in [-0.3, -0.25) is 14.4 Å². The van der Waals surface area contributed by atoms with Gasteiger partial charge in [0.1, 0.15) is 0 Å². The minimum atomic E-state index is -0.268. The van der Waals surface area contributed by atoms with Gasteiger partial charge in [0, 0.05) is 31.8 Å². The number of nitrogens with zero attached hydrogens (tertiary/aromatic N) is 2. The van der Waals surface area contributed by atoms with Crippen molar-refractivity contribution in [2.24, 2.45) is 0 Å². The van der Waals surface area contributed by atoms with Crippen LogP contribution in [0, 0.1) is 0 Å². The molecule has 0 radical (unpaired) electrons. The Kier molecular flexibility index (Phi) is 7.91. The first-order valence-electron chi connectivity index (χ1n) is 7.85. The standard InChI is InChI=1S/C17H26N4O3/c1-13(22)18-15-7-5-8-16(11-15)19-17(24)12-21(14(2)23)10-6-9-20(3)4/h5,7-8,11H,6,9-10,12H2,1-4H3,(H,18,22)(H,19,24). The second-order valence-corrected chi connectivity index (χ2v) is 5.91. The van der Waals surface area contributed by atoms with E-state index in [-0.39, 0.29) is 24.3 Å². The predicted molar refractivity (Wildman–Crippen MR) is 94.8 cm³/mol. The first kappa shape index (κ1) is 19.6. The summed E-state index contributed by atoms with van der Waals surface area (Å²) >= 11 is 0. The summed E-state index contributed by atoms with van der Waals surface area (Å²) in [6.07, 6.45) is 0.803. The van der Waals surface area contributed by atoms with Crippen LogP contribution in [0.25, 0.3) is 0 Å². The highest BCUT2D eigenvalue weighted by Crippen LogP contribution is 2.15. The molecule has 0 aromatic heterocycles. The number of carbonyl (C=O) groups excluding carboxylic acids is 3. The van der Waals surface area contributed by atoms with Crippen molar-refractivity contribution in [3.63, 3.8) is 0 Å². The summed E-state index contributed by atoms with van der Waals surface area (Å²) in [5, 5.41) is 5.40. The lowest BCUT2D eigenvalue weighted by Crippen LogP contribution is -2.38. The van der Waals surface area contributed by atoms with E-state index in [4.69, 9.17) is 0 Å². The fourth-order valence-electron chi connectivity index (χ4n) is 2.18. The molecule has 1 aromatic rings. The Morgan fingerprint density at radius 1 is 1.00 bits per heavy atom. The molecular weight excluding hydrogens is 308 g/mol. The number of rotatable bonds is 8. The van der Waals surface area contributed by atoms with Crippen LogP contribution in [0.5, 0.6) is 0 Å². The molecule has 0 fully saturated rings. The van der Waals surface area contributed by atoms with Crippen LogP contribution in [-0.4, -0.2) is 61.3 Å². The molecule has 0 heterocycles. The van der Waals surface area contributed by atoms with Crippen molar-refractivity contribution in [2.75, 3.05) is 44.4 Å². The zero-order valence-electron chi connectivity index (χ0n) is 14.8. The maximum atomic E-state index is 12.2. The number of benzene rings is 1. The number of amides is 3. The number of carbonyl (C=O) groups is 3. The van der Waals surface area contributed by atoms with Gasteiger partial charge >= 0.3 is 0 Å². The summed E-state index contributed by atoms with van der Waals surface area (Å²) < 4.78 is 0. The van der Waals surface area contributed by atoms with Crippen LogP contribution < -0.4 is 10.6 Å². The molecule has 2 N–H and O–H groups in total. The molecule has 0 saturated carbocycles. The molecular formula is C17H26N4O3. The molecule has 0 aliphatic heterocycles. The predicted octanol–water partition coefficient (Wildman–Crippen LogP) is 1.38. The van der Waals surface area contributed by atoms with Crippen molar-refractivity contribution >= 4 is 29.1 Å². The Balaban J connectivity index is 2.59. The van der Waals surface area contributed by atoms with E-state index in [1.54, 1.807) is 24.3 Å². The van der Waals surface area contributed by atoms with Crippen molar-refractivity contribution < 1.29 is 14.4 Å². The molecule has 1 rings (SSSR count). The van der Waals surface area contributed by atoms with Crippen LogP contribution in [0.15, 0.2) is 24.3 Å². The zero-order chi connectivity index (χ0) is 18.1. The minimum absolute atomic E-state index is 0.00707. The average Bonchev–Trinajstić information content (AvgIpc) is 2.45. The lowest BCUT2D eigenvalue weighted by Gasteiger charge is -2.21. The maximum Gasteiger partial charge on any atom is 0.243 e. The molecule has 0 unspecified atom stereocenters. The van der Waals surface area contributed by atoms with Gasteiger partial charge in [-0.25, -0.2) is 0 Å². The van der Waals surface area contributed by atoms with Gasteiger partial charge < -0.3 is 20.4 Å². The van der Waals surface area contributed by atoms with E-state index in [9.17, 15) is 14.4 Å². The molecule has 0 saturated heterocycles. The van der Waals surface area contributed by atoms with E-state index in [0.29, 0.717) is 17.9 Å². The van der Waals surface area contributed by atoms with Gasteiger partial charge in [-0.05, 0) is 45.3 Å². The summed E-state index contributed by atoms with van der Waals surface area (Å²) in [5.41, 5.74) is 1.18. The van der Waals surface area contributed by atoms with Crippen molar-refractivity contribution in [2.45, 2.75) is 20.3 Å². The van der Waals surface area contributed by atoms with E-state index in [1.165, 1.54) is 18.7 Å². The van der Waals surface area contributed by atoms with E-state index in [1.807, 2.05) is 19.0 Å². The van der Waals surface area contributed by atoms with Crippen LogP contribution >= 0.6 is 0 Å². The third kappa shape index (κ3) is 7.73. The van der Waals surface area contributed by atoms with Crippen molar-refractivity contribution in [1.82, 2.24) is 9.80 Å². The highest BCUT2D eigenvalue weighted by atomic mass is 16.2. The van der Waals surface area contributed by atoms with Gasteiger partial charge in [0.15, 0.2) is 0 Å². The largest absolute Gasteiger partial charge is 0.334 e. The van der Waals surface area contributed by atoms with E-state index in [0.717, 1.165) is 13.0 Å². The van der Waals surface area contributed by atoms with Gasteiger partial charge in [0.25, 0.3) is 0 Å². The topological polar surface area (TPSA) is 81.8 Å². The molecule has 0 aliphatic carbocycles. The average molecular weight is 334 g/mol. The fraction of sp³-hybridized carbons (Fsp3) is 0.471. The molecule has 7 heteroatoms. The summed E-state index contributed by atoms with van der Waals surface area (Å²) in [6, 6.07) is 6.87. The fourth-order valence-corrected chi connectivity index (χ4v) is 2.18. The van der Waals surface area contributed by atoms with Crippen LogP contribution in [0.1, 0.15) is 20.3 Å². The van der Waals surface area contributed by atoms with Crippen molar-refractivity contribution in [1.29, 1.82) is 0 Å². The summed E-state index contributed by atoms with van der Waals surface area (Å²) in [4.78, 5) is 38.5. The highest BCUT2D eigenvalue weighted by Gasteiger charge is 2.13. The Hall–Kier alpha value is -2.41. The van der Waals surface area contributed by atoms with Gasteiger partial charge in [0.2, 0.25) is 17.7 Å². The van der Waals surface area contributed by atoms with E-state index >= 15 is 0 Å². The highest BCUT2D eigenvalue weighted by molar-refractivity contribution is 5.95. The minimum Gasteiger partial charge on any atom is -0.334 e. The number of anilines is 2. The van der Waals surface area contributed by atoms with Crippen molar-refractivity contribution in [3.8, 4) is 0 Å². The molecule has 0 bridgehead atoms. The van der Waals surface area contributed by atoms with Crippen molar-refractivity contribution in [3.05, 3.63) is 24.3 Å². The van der Waals surface area contributed by atoms with E-state index < -0.39 is 0 Å². The second-order valence-electron chi connectivity index (χ2n) is 5.91. The van der Waals surface area contributed by atoms with Gasteiger partial charge in [-0.1, -0.05) is 6.07 Å². The number of hydrogen-bond donors (Lipinski definition) is 2. The normalized spacial score (nSPS) is 10.4. The summed E-state index contributed by atoms with van der Waals surface area (Å²) in [5.74, 6) is -0.576. The number of nitrogens with one attached hydrogen (secondary N) is 2. The number of hydrogen-bond acceptors (Lipinski definition) is 4. The molecule has 24 heavy (non-hydrogen) atoms. The molecule has 1 aromatic carbocycles.